The predicted octanol–water partition coefficient (Wildman–Crippen LogP) is 4.54. The molecule has 28 heavy (non-hydrogen) atoms. The van der Waals surface area contributed by atoms with E-state index >= 15 is 0 Å². The van der Waals surface area contributed by atoms with E-state index in [9.17, 15) is 10.1 Å². The molecule has 1 fully saturated rings. The van der Waals surface area contributed by atoms with Crippen LogP contribution >= 0.6 is 34.5 Å². The number of piperazine rings is 1. The summed E-state index contributed by atoms with van der Waals surface area (Å²) in [6.45, 7) is 2.03. The molecule has 0 radical (unpaired) electrons. The van der Waals surface area contributed by atoms with Crippen molar-refractivity contribution in [3.63, 3.8) is 0 Å². The molecule has 3 aromatic rings. The van der Waals surface area contributed by atoms with Gasteiger partial charge in [-0.3, -0.25) is 4.79 Å². The minimum absolute atomic E-state index is 0.140. The van der Waals surface area contributed by atoms with Crippen molar-refractivity contribution >= 4 is 46.3 Å². The zero-order valence-electron chi connectivity index (χ0n) is 14.6. The SMILES string of the molecule is N#Cc1nc(-c2cccs2)oc1N1CCN(C(=O)c2ccc(Cl)cc2Cl)CC1. The molecule has 3 heterocycles. The highest BCUT2D eigenvalue weighted by atomic mass is 35.5. The van der Waals surface area contributed by atoms with Crippen LogP contribution in [0.25, 0.3) is 10.8 Å². The number of nitrogens with zero attached hydrogens (tertiary/aromatic N) is 4. The molecule has 4 rings (SSSR count). The molecule has 2 aromatic heterocycles. The number of oxazole rings is 1. The van der Waals surface area contributed by atoms with E-state index in [-0.39, 0.29) is 11.6 Å². The Kier molecular flexibility index (Phi) is 5.27. The zero-order valence-corrected chi connectivity index (χ0v) is 16.9. The van der Waals surface area contributed by atoms with E-state index in [1.165, 1.54) is 11.3 Å². The minimum Gasteiger partial charge on any atom is -0.418 e. The van der Waals surface area contributed by atoms with E-state index in [0.717, 1.165) is 4.88 Å². The van der Waals surface area contributed by atoms with E-state index < -0.39 is 0 Å². The third-order valence-electron chi connectivity index (χ3n) is 4.46. The number of hydrogen-bond acceptors (Lipinski definition) is 6. The van der Waals surface area contributed by atoms with Crippen LogP contribution in [0, 0.1) is 11.3 Å². The molecule has 1 amide bonds. The summed E-state index contributed by atoms with van der Waals surface area (Å²) in [5.74, 6) is 0.745. The first-order chi connectivity index (χ1) is 13.6. The lowest BCUT2D eigenvalue weighted by atomic mass is 10.1. The largest absolute Gasteiger partial charge is 0.418 e. The number of carbonyl (C=O) groups is 1. The van der Waals surface area contributed by atoms with E-state index in [4.69, 9.17) is 27.6 Å². The van der Waals surface area contributed by atoms with Gasteiger partial charge in [0.05, 0.1) is 15.5 Å². The molecule has 0 N–H and O–H groups in total. The van der Waals surface area contributed by atoms with E-state index in [2.05, 4.69) is 11.1 Å². The van der Waals surface area contributed by atoms with Crippen molar-refractivity contribution < 1.29 is 9.21 Å². The summed E-state index contributed by atoms with van der Waals surface area (Å²) >= 11 is 13.6. The lowest BCUT2D eigenvalue weighted by molar-refractivity contribution is 0.0745. The summed E-state index contributed by atoms with van der Waals surface area (Å²) in [7, 11) is 0. The number of halogens is 2. The van der Waals surface area contributed by atoms with Crippen molar-refractivity contribution in [2.75, 3.05) is 31.1 Å². The third kappa shape index (κ3) is 3.59. The molecule has 1 aromatic carbocycles. The topological polar surface area (TPSA) is 73.4 Å². The molecular formula is C19H14Cl2N4O2S. The minimum atomic E-state index is -0.140. The van der Waals surface area contributed by atoms with E-state index in [0.29, 0.717) is 53.6 Å². The van der Waals surface area contributed by atoms with Crippen molar-refractivity contribution in [3.05, 3.63) is 57.0 Å². The van der Waals surface area contributed by atoms with Crippen LogP contribution in [0.4, 0.5) is 5.88 Å². The lowest BCUT2D eigenvalue weighted by Crippen LogP contribution is -2.49. The van der Waals surface area contributed by atoms with E-state index in [1.54, 1.807) is 23.1 Å². The van der Waals surface area contributed by atoms with Gasteiger partial charge in [-0.25, -0.2) is 0 Å². The maximum atomic E-state index is 12.8. The smallest absolute Gasteiger partial charge is 0.255 e. The molecule has 0 saturated carbocycles. The molecule has 1 aliphatic heterocycles. The zero-order chi connectivity index (χ0) is 19.7. The summed E-state index contributed by atoms with van der Waals surface area (Å²) in [4.78, 5) is 21.6. The van der Waals surface area contributed by atoms with Gasteiger partial charge in [-0.15, -0.1) is 11.3 Å². The number of aromatic nitrogens is 1. The number of rotatable bonds is 3. The summed E-state index contributed by atoms with van der Waals surface area (Å²) in [6.07, 6.45) is 0. The highest BCUT2D eigenvalue weighted by Gasteiger charge is 2.28. The molecule has 0 spiro atoms. The Labute approximate surface area is 175 Å². The average Bonchev–Trinajstić information content (AvgIpc) is 3.37. The number of hydrogen-bond donors (Lipinski definition) is 0. The second-order valence-electron chi connectivity index (χ2n) is 6.17. The quantitative estimate of drug-likeness (QED) is 0.606. The highest BCUT2D eigenvalue weighted by Crippen LogP contribution is 2.31. The van der Waals surface area contributed by atoms with Gasteiger partial charge in [0.25, 0.3) is 5.91 Å². The van der Waals surface area contributed by atoms with Crippen LogP contribution in [0.5, 0.6) is 0 Å². The van der Waals surface area contributed by atoms with Crippen molar-refractivity contribution in [1.82, 2.24) is 9.88 Å². The number of benzene rings is 1. The number of anilines is 1. The molecule has 0 aliphatic carbocycles. The molecule has 9 heteroatoms. The maximum Gasteiger partial charge on any atom is 0.255 e. The fourth-order valence-corrected chi connectivity index (χ4v) is 4.19. The Bertz CT molecular complexity index is 1050. The molecule has 0 unspecified atom stereocenters. The predicted molar refractivity (Wildman–Crippen MR) is 109 cm³/mol. The maximum absolute atomic E-state index is 12.8. The van der Waals surface area contributed by atoms with Crippen LogP contribution in [-0.4, -0.2) is 42.0 Å². The van der Waals surface area contributed by atoms with Crippen LogP contribution in [0.1, 0.15) is 16.1 Å². The van der Waals surface area contributed by atoms with Gasteiger partial charge < -0.3 is 14.2 Å². The summed E-state index contributed by atoms with van der Waals surface area (Å²) in [5, 5.41) is 12.2. The molecule has 142 valence electrons. The Hall–Kier alpha value is -2.53. The lowest BCUT2D eigenvalue weighted by Gasteiger charge is -2.34. The van der Waals surface area contributed by atoms with Gasteiger partial charge >= 0.3 is 0 Å². The first-order valence-corrected chi connectivity index (χ1v) is 10.1. The van der Waals surface area contributed by atoms with Gasteiger partial charge in [0.15, 0.2) is 0 Å². The molecule has 1 aliphatic rings. The fraction of sp³-hybridized carbons (Fsp3) is 0.211. The van der Waals surface area contributed by atoms with Crippen molar-refractivity contribution in [2.45, 2.75) is 0 Å². The first kappa shape index (κ1) is 18.8. The molecular weight excluding hydrogens is 419 g/mol. The third-order valence-corrected chi connectivity index (χ3v) is 5.87. The van der Waals surface area contributed by atoms with Crippen LogP contribution in [-0.2, 0) is 0 Å². The molecule has 0 atom stereocenters. The number of nitriles is 1. The standard InChI is InChI=1S/C19H14Cl2N4O2S/c20-12-3-4-13(14(21)10-12)18(26)24-5-7-25(8-6-24)19-15(11-22)23-17(27-19)16-2-1-9-28-16/h1-4,9-10H,5-8H2. The summed E-state index contributed by atoms with van der Waals surface area (Å²) in [6, 6.07) is 10.7. The van der Waals surface area contributed by atoms with Crippen molar-refractivity contribution in [3.8, 4) is 16.8 Å². The summed E-state index contributed by atoms with van der Waals surface area (Å²) < 4.78 is 5.87. The molecule has 0 bridgehead atoms. The van der Waals surface area contributed by atoms with E-state index in [1.807, 2.05) is 22.4 Å². The fourth-order valence-electron chi connectivity index (χ4n) is 3.05. The van der Waals surface area contributed by atoms with Gasteiger partial charge in [-0.05, 0) is 29.6 Å². The summed E-state index contributed by atoms with van der Waals surface area (Å²) in [5.41, 5.74) is 0.681. The normalized spacial score (nSPS) is 14.2. The van der Waals surface area contributed by atoms with Crippen LogP contribution in [0.15, 0.2) is 40.1 Å². The number of amides is 1. The van der Waals surface area contributed by atoms with Gasteiger partial charge in [0, 0.05) is 31.2 Å². The Morgan fingerprint density at radius 3 is 2.64 bits per heavy atom. The van der Waals surface area contributed by atoms with Crippen LogP contribution in [0.2, 0.25) is 10.0 Å². The second-order valence-corrected chi connectivity index (χ2v) is 7.96. The number of thiophene rings is 1. The van der Waals surface area contributed by atoms with Gasteiger partial charge in [0.1, 0.15) is 6.07 Å². The molecule has 6 nitrogen and oxygen atoms in total. The average molecular weight is 433 g/mol. The van der Waals surface area contributed by atoms with Crippen molar-refractivity contribution in [2.24, 2.45) is 0 Å². The van der Waals surface area contributed by atoms with Gasteiger partial charge in [-0.1, -0.05) is 29.3 Å². The Morgan fingerprint density at radius 2 is 2.00 bits per heavy atom. The second kappa shape index (κ2) is 7.84. The highest BCUT2D eigenvalue weighted by molar-refractivity contribution is 7.13. The Balaban J connectivity index is 1.49. The monoisotopic (exact) mass is 432 g/mol. The van der Waals surface area contributed by atoms with Gasteiger partial charge in [-0.2, -0.15) is 10.2 Å². The molecule has 1 saturated heterocycles. The van der Waals surface area contributed by atoms with Crippen LogP contribution in [0.3, 0.4) is 0 Å². The van der Waals surface area contributed by atoms with Gasteiger partial charge in [0.2, 0.25) is 17.5 Å². The van der Waals surface area contributed by atoms with Crippen molar-refractivity contribution in [1.29, 1.82) is 5.26 Å². The first-order valence-electron chi connectivity index (χ1n) is 8.51. The number of carbonyl (C=O) groups excluding carboxylic acids is 1. The Morgan fingerprint density at radius 1 is 1.21 bits per heavy atom. The van der Waals surface area contributed by atoms with Crippen LogP contribution < -0.4 is 4.90 Å².